The maximum atomic E-state index is 7.71. The van der Waals surface area contributed by atoms with E-state index in [1.54, 1.807) is 6.33 Å². The van der Waals surface area contributed by atoms with Gasteiger partial charge < -0.3 is 14.8 Å². The van der Waals surface area contributed by atoms with Crippen LogP contribution in [0, 0.1) is 5.41 Å². The van der Waals surface area contributed by atoms with Crippen molar-refractivity contribution in [1.82, 2.24) is 14.9 Å². The first-order valence-corrected chi connectivity index (χ1v) is 3.74. The molecule has 2 N–H and O–H groups in total. The van der Waals surface area contributed by atoms with Crippen LogP contribution in [0.25, 0.3) is 0 Å². The number of nitrogens with one attached hydrogen (secondary N) is 2. The van der Waals surface area contributed by atoms with Gasteiger partial charge in [-0.15, -0.1) is 0 Å². The molecule has 2 heterocycles. The lowest BCUT2D eigenvalue weighted by atomic mass is 10.3. The molecule has 0 radical (unpaired) electrons. The molecule has 64 valence electrons. The molecule has 5 heteroatoms. The van der Waals surface area contributed by atoms with E-state index in [1.165, 1.54) is 0 Å². The van der Waals surface area contributed by atoms with Crippen molar-refractivity contribution in [3.63, 3.8) is 0 Å². The lowest BCUT2D eigenvalue weighted by Gasteiger charge is -2.31. The summed E-state index contributed by atoms with van der Waals surface area (Å²) in [6.45, 7) is 0.719. The normalized spacial score (nSPS) is 16.7. The Hall–Kier alpha value is -1.52. The Morgan fingerprint density at radius 2 is 2.25 bits per heavy atom. The third kappa shape index (κ3) is 0.792. The van der Waals surface area contributed by atoms with Gasteiger partial charge in [-0.3, -0.25) is 5.41 Å². The molecule has 0 fully saturated rings. The molecule has 1 aliphatic heterocycles. The quantitative estimate of drug-likeness (QED) is 0.572. The Balaban J connectivity index is 2.50. The topological polar surface area (TPSA) is 59.0 Å². The highest BCUT2D eigenvalue weighted by atomic mass is 15.4. The van der Waals surface area contributed by atoms with E-state index in [2.05, 4.69) is 9.97 Å². The molecule has 0 spiro atoms. The summed E-state index contributed by atoms with van der Waals surface area (Å²) in [5, 5.41) is 7.71. The minimum atomic E-state index is 0.501. The zero-order chi connectivity index (χ0) is 8.72. The van der Waals surface area contributed by atoms with Crippen LogP contribution < -0.4 is 4.90 Å². The van der Waals surface area contributed by atoms with Crippen molar-refractivity contribution in [2.75, 3.05) is 25.7 Å². The number of H-pyrrole nitrogens is 1. The number of fused-ring (bicyclic) bond motifs is 1. The van der Waals surface area contributed by atoms with Crippen LogP contribution in [0.3, 0.4) is 0 Å². The van der Waals surface area contributed by atoms with E-state index < -0.39 is 0 Å². The van der Waals surface area contributed by atoms with Crippen LogP contribution in [0.15, 0.2) is 6.33 Å². The molecule has 0 aliphatic carbocycles. The fraction of sp³-hybridized carbons (Fsp3) is 0.429. The number of hydrogen-bond acceptors (Lipinski definition) is 3. The summed E-state index contributed by atoms with van der Waals surface area (Å²) in [5.74, 6) is 1.36. The van der Waals surface area contributed by atoms with Gasteiger partial charge in [0.1, 0.15) is 11.5 Å². The van der Waals surface area contributed by atoms with E-state index in [9.17, 15) is 0 Å². The number of hydrogen-bond donors (Lipinski definition) is 2. The fourth-order valence-corrected chi connectivity index (χ4v) is 1.40. The molecular weight excluding hydrogens is 154 g/mol. The van der Waals surface area contributed by atoms with Gasteiger partial charge in [-0.2, -0.15) is 0 Å². The molecule has 12 heavy (non-hydrogen) atoms. The van der Waals surface area contributed by atoms with Crippen molar-refractivity contribution in [3.8, 4) is 0 Å². The van der Waals surface area contributed by atoms with Gasteiger partial charge in [0.2, 0.25) is 0 Å². The van der Waals surface area contributed by atoms with Gasteiger partial charge in [0.25, 0.3) is 0 Å². The third-order valence-corrected chi connectivity index (χ3v) is 2.02. The van der Waals surface area contributed by atoms with Gasteiger partial charge in [-0.1, -0.05) is 0 Å². The van der Waals surface area contributed by atoms with Crippen LogP contribution in [-0.4, -0.2) is 41.5 Å². The third-order valence-electron chi connectivity index (χ3n) is 2.02. The molecule has 2 rings (SSSR count). The van der Waals surface area contributed by atoms with Crippen LogP contribution >= 0.6 is 0 Å². The second-order valence-electron chi connectivity index (χ2n) is 2.99. The maximum Gasteiger partial charge on any atom is 0.159 e. The molecule has 0 saturated carbocycles. The second-order valence-corrected chi connectivity index (χ2v) is 2.99. The molecule has 0 amide bonds. The van der Waals surface area contributed by atoms with E-state index in [4.69, 9.17) is 5.41 Å². The number of rotatable bonds is 0. The molecule has 1 aromatic heterocycles. The van der Waals surface area contributed by atoms with Crippen molar-refractivity contribution in [1.29, 1.82) is 5.41 Å². The molecule has 0 aromatic carbocycles. The first-order chi connectivity index (χ1) is 5.70. The highest BCUT2D eigenvalue weighted by molar-refractivity contribution is 6.00. The van der Waals surface area contributed by atoms with Gasteiger partial charge in [0.05, 0.1) is 13.0 Å². The number of anilines is 1. The monoisotopic (exact) mass is 165 g/mol. The van der Waals surface area contributed by atoms with Crippen molar-refractivity contribution in [2.24, 2.45) is 0 Å². The first-order valence-electron chi connectivity index (χ1n) is 3.74. The number of nitrogens with zero attached hydrogens (tertiary/aromatic N) is 3. The van der Waals surface area contributed by atoms with Crippen LogP contribution in [0.1, 0.15) is 5.69 Å². The van der Waals surface area contributed by atoms with Crippen molar-refractivity contribution >= 4 is 11.7 Å². The molecule has 0 bridgehead atoms. The average Bonchev–Trinajstić information content (AvgIpc) is 2.48. The first kappa shape index (κ1) is 7.15. The summed E-state index contributed by atoms with van der Waals surface area (Å²) in [4.78, 5) is 10.9. The summed E-state index contributed by atoms with van der Waals surface area (Å²) in [5.41, 5.74) is 0.797. The van der Waals surface area contributed by atoms with Crippen LogP contribution in [0.2, 0.25) is 0 Å². The van der Waals surface area contributed by atoms with Gasteiger partial charge in [-0.05, 0) is 0 Å². The average molecular weight is 165 g/mol. The number of aromatic amines is 1. The van der Waals surface area contributed by atoms with Crippen LogP contribution in [0.5, 0.6) is 0 Å². The lowest BCUT2D eigenvalue weighted by molar-refractivity contribution is 0.488. The molecule has 1 aromatic rings. The van der Waals surface area contributed by atoms with E-state index in [0.717, 1.165) is 18.2 Å². The zero-order valence-electron chi connectivity index (χ0n) is 7.13. The highest BCUT2D eigenvalue weighted by Crippen LogP contribution is 2.20. The summed E-state index contributed by atoms with van der Waals surface area (Å²) >= 11 is 0. The minimum absolute atomic E-state index is 0.501. The smallest absolute Gasteiger partial charge is 0.159 e. The van der Waals surface area contributed by atoms with Gasteiger partial charge in [0, 0.05) is 14.1 Å². The second kappa shape index (κ2) is 2.23. The number of aromatic nitrogens is 2. The Kier molecular flexibility index (Phi) is 1.33. The standard InChI is InChI=1S/C7H11N5/c1-11-4-12(2)7-5(6(11)8)9-3-10-7/h3,8H,4H2,1-2H3,(H,9,10). The van der Waals surface area contributed by atoms with Crippen molar-refractivity contribution in [2.45, 2.75) is 0 Å². The van der Waals surface area contributed by atoms with Crippen molar-refractivity contribution < 1.29 is 0 Å². The van der Waals surface area contributed by atoms with E-state index in [-0.39, 0.29) is 0 Å². The Labute approximate surface area is 70.5 Å². The summed E-state index contributed by atoms with van der Waals surface area (Å²) < 4.78 is 0. The van der Waals surface area contributed by atoms with Crippen molar-refractivity contribution in [3.05, 3.63) is 12.0 Å². The molecule has 0 unspecified atom stereocenters. The van der Waals surface area contributed by atoms with E-state index in [0.29, 0.717) is 5.84 Å². The molecule has 0 atom stereocenters. The van der Waals surface area contributed by atoms with E-state index in [1.807, 2.05) is 23.9 Å². The van der Waals surface area contributed by atoms with Gasteiger partial charge >= 0.3 is 0 Å². The predicted molar refractivity (Wildman–Crippen MR) is 46.4 cm³/mol. The highest BCUT2D eigenvalue weighted by Gasteiger charge is 2.23. The Morgan fingerprint density at radius 1 is 1.50 bits per heavy atom. The number of amidine groups is 1. The van der Waals surface area contributed by atoms with Gasteiger partial charge in [-0.25, -0.2) is 4.98 Å². The lowest BCUT2D eigenvalue weighted by Crippen LogP contribution is -2.42. The molecule has 0 saturated heterocycles. The summed E-state index contributed by atoms with van der Waals surface area (Å²) in [6.07, 6.45) is 1.62. The molecule has 1 aliphatic rings. The van der Waals surface area contributed by atoms with Crippen LogP contribution in [-0.2, 0) is 0 Å². The molecular formula is C7H11N5. The van der Waals surface area contributed by atoms with E-state index >= 15 is 0 Å². The largest absolute Gasteiger partial charge is 0.341 e. The minimum Gasteiger partial charge on any atom is -0.341 e. The van der Waals surface area contributed by atoms with Gasteiger partial charge in [0.15, 0.2) is 5.82 Å². The maximum absolute atomic E-state index is 7.71. The molecule has 5 nitrogen and oxygen atoms in total. The number of imidazole rings is 1. The SMILES string of the molecule is CN1CN(C)c2nc[nH]c2C1=N. The van der Waals surface area contributed by atoms with Crippen LogP contribution in [0.4, 0.5) is 5.82 Å². The fourth-order valence-electron chi connectivity index (χ4n) is 1.40. The summed E-state index contributed by atoms with van der Waals surface area (Å²) in [7, 11) is 3.85. The predicted octanol–water partition coefficient (Wildman–Crippen LogP) is 0.0742. The Morgan fingerprint density at radius 3 is 3.00 bits per heavy atom. The Bertz CT molecular complexity index is 315. The summed E-state index contributed by atoms with van der Waals surface area (Å²) in [6, 6.07) is 0. The zero-order valence-corrected chi connectivity index (χ0v) is 7.13.